The Labute approximate surface area is 220 Å². The number of anilines is 2. The summed E-state index contributed by atoms with van der Waals surface area (Å²) < 4.78 is 5.48. The van der Waals surface area contributed by atoms with Crippen molar-refractivity contribution in [2.45, 2.75) is 19.6 Å². The topological polar surface area (TPSA) is 64.2 Å². The Morgan fingerprint density at radius 2 is 1.70 bits per heavy atom. The Balaban J connectivity index is 1.42. The van der Waals surface area contributed by atoms with Crippen molar-refractivity contribution in [1.82, 2.24) is 9.88 Å². The van der Waals surface area contributed by atoms with Gasteiger partial charge in [0.25, 0.3) is 0 Å². The largest absolute Gasteiger partial charge is 0.379 e. The number of Topliss-reactive ketones (excluding diaryl/α,β-unsaturated/α-hetero) is 1. The Kier molecular flexibility index (Phi) is 6.42. The summed E-state index contributed by atoms with van der Waals surface area (Å²) >= 11 is 6.19. The highest BCUT2D eigenvalue weighted by Crippen LogP contribution is 2.41. The number of aromatic amines is 1. The van der Waals surface area contributed by atoms with Gasteiger partial charge in [-0.2, -0.15) is 0 Å². The fourth-order valence-corrected chi connectivity index (χ4v) is 5.21. The van der Waals surface area contributed by atoms with Gasteiger partial charge in [-0.25, -0.2) is 5.01 Å². The number of carbonyl (C=O) groups is 1. The molecule has 0 aliphatic carbocycles. The number of H-pyrrole nitrogens is 1. The number of hydrogen-bond donors (Lipinski definition) is 1. The van der Waals surface area contributed by atoms with E-state index in [0.29, 0.717) is 10.9 Å². The van der Waals surface area contributed by atoms with Gasteiger partial charge in [-0.1, -0.05) is 41.9 Å². The molecule has 2 aliphatic heterocycles. The van der Waals surface area contributed by atoms with Crippen molar-refractivity contribution in [2.24, 2.45) is 5.10 Å². The van der Waals surface area contributed by atoms with Crippen LogP contribution in [0.4, 0.5) is 11.4 Å². The SMILES string of the molecule is CC(=O)C1=NN(c2ccc(Cl)cc2)[C@H](c2c[nH]c3ccccc23)N1c1ccc(CN2CCOCC2)cc1. The molecule has 1 saturated heterocycles. The van der Waals surface area contributed by atoms with E-state index in [4.69, 9.17) is 21.4 Å². The average molecular weight is 514 g/mol. The van der Waals surface area contributed by atoms with Gasteiger partial charge in [0, 0.05) is 59.9 Å². The molecule has 1 aromatic heterocycles. The maximum atomic E-state index is 12.9. The van der Waals surface area contributed by atoms with E-state index in [9.17, 15) is 4.79 Å². The minimum Gasteiger partial charge on any atom is -0.379 e. The van der Waals surface area contributed by atoms with Gasteiger partial charge in [0.1, 0.15) is 0 Å². The molecule has 1 N–H and O–H groups in total. The summed E-state index contributed by atoms with van der Waals surface area (Å²) in [5, 5.41) is 8.49. The van der Waals surface area contributed by atoms with E-state index in [-0.39, 0.29) is 11.9 Å². The van der Waals surface area contributed by atoms with E-state index in [1.807, 2.05) is 52.5 Å². The molecule has 37 heavy (non-hydrogen) atoms. The number of carbonyl (C=O) groups excluding carboxylic acids is 1. The minimum atomic E-state index is -0.360. The first-order valence-corrected chi connectivity index (χ1v) is 12.8. The van der Waals surface area contributed by atoms with E-state index >= 15 is 0 Å². The van der Waals surface area contributed by atoms with Crippen molar-refractivity contribution < 1.29 is 9.53 Å². The quantitative estimate of drug-likeness (QED) is 0.364. The van der Waals surface area contributed by atoms with Crippen molar-refractivity contribution in [3.8, 4) is 0 Å². The highest BCUT2D eigenvalue weighted by molar-refractivity contribution is 6.44. The molecule has 2 aliphatic rings. The lowest BCUT2D eigenvalue weighted by atomic mass is 10.1. The molecule has 1 fully saturated rings. The molecule has 0 bridgehead atoms. The van der Waals surface area contributed by atoms with Gasteiger partial charge in [-0.15, -0.1) is 5.10 Å². The lowest BCUT2D eigenvalue weighted by Gasteiger charge is -2.32. The van der Waals surface area contributed by atoms with E-state index in [2.05, 4.69) is 46.3 Å². The first kappa shape index (κ1) is 23.7. The molecular formula is C29H28ClN5O2. The number of morpholine rings is 1. The number of aromatic nitrogens is 1. The number of ketones is 1. The van der Waals surface area contributed by atoms with Gasteiger partial charge in [0.2, 0.25) is 0 Å². The molecule has 0 unspecified atom stereocenters. The molecular weight excluding hydrogens is 486 g/mol. The van der Waals surface area contributed by atoms with E-state index in [1.165, 1.54) is 5.56 Å². The lowest BCUT2D eigenvalue weighted by molar-refractivity contribution is -0.111. The van der Waals surface area contributed by atoms with Crippen molar-refractivity contribution in [3.05, 3.63) is 95.1 Å². The number of amidine groups is 1. The van der Waals surface area contributed by atoms with E-state index in [1.54, 1.807) is 6.92 Å². The third-order valence-corrected chi connectivity index (χ3v) is 7.19. The number of ether oxygens (including phenoxy) is 1. The number of rotatable bonds is 6. The first-order chi connectivity index (χ1) is 18.1. The standard InChI is InChI=1S/C29H28ClN5O2/c1-20(36)28-32-35(24-12-8-22(30)9-13-24)29(26-18-31-27-5-3-2-4-25(26)27)34(28)23-10-6-21(7-11-23)19-33-14-16-37-17-15-33/h2-13,18,29,31H,14-17,19H2,1H3/t29-/m1/s1. The highest BCUT2D eigenvalue weighted by atomic mass is 35.5. The number of nitrogens with one attached hydrogen (secondary N) is 1. The smallest absolute Gasteiger partial charge is 0.198 e. The summed E-state index contributed by atoms with van der Waals surface area (Å²) in [6.45, 7) is 5.87. The zero-order valence-electron chi connectivity index (χ0n) is 20.6. The molecule has 3 aromatic carbocycles. The van der Waals surface area contributed by atoms with Crippen LogP contribution in [-0.2, 0) is 16.1 Å². The molecule has 3 heterocycles. The number of hydrogen-bond acceptors (Lipinski definition) is 6. The monoisotopic (exact) mass is 513 g/mol. The number of hydrazone groups is 1. The summed E-state index contributed by atoms with van der Waals surface area (Å²) in [6, 6.07) is 24.2. The van der Waals surface area contributed by atoms with Gasteiger partial charge in [0.05, 0.1) is 18.9 Å². The van der Waals surface area contributed by atoms with Crippen molar-refractivity contribution >= 4 is 45.5 Å². The van der Waals surface area contributed by atoms with Gasteiger partial charge < -0.3 is 9.72 Å². The molecule has 0 amide bonds. The number of benzene rings is 3. The molecule has 0 saturated carbocycles. The number of para-hydroxylation sites is 1. The van der Waals surface area contributed by atoms with Crippen LogP contribution in [0.3, 0.4) is 0 Å². The summed E-state index contributed by atoms with van der Waals surface area (Å²) in [7, 11) is 0. The second-order valence-electron chi connectivity index (χ2n) is 9.39. The number of fused-ring (bicyclic) bond motifs is 1. The summed E-state index contributed by atoms with van der Waals surface area (Å²) in [4.78, 5) is 20.7. The van der Waals surface area contributed by atoms with Crippen LogP contribution in [0.15, 0.2) is 84.1 Å². The van der Waals surface area contributed by atoms with Crippen molar-refractivity contribution in [2.75, 3.05) is 36.2 Å². The van der Waals surface area contributed by atoms with Crippen molar-refractivity contribution in [3.63, 3.8) is 0 Å². The van der Waals surface area contributed by atoms with Gasteiger partial charge in [0.15, 0.2) is 17.8 Å². The van der Waals surface area contributed by atoms with Crippen LogP contribution in [0.5, 0.6) is 0 Å². The number of nitrogens with zero attached hydrogens (tertiary/aromatic N) is 4. The molecule has 6 rings (SSSR count). The molecule has 1 atom stereocenters. The average Bonchev–Trinajstić information content (AvgIpc) is 3.52. The molecule has 188 valence electrons. The summed E-state index contributed by atoms with van der Waals surface area (Å²) in [6.07, 6.45) is 1.65. The van der Waals surface area contributed by atoms with E-state index < -0.39 is 0 Å². The zero-order chi connectivity index (χ0) is 25.4. The minimum absolute atomic E-state index is 0.0984. The second-order valence-corrected chi connectivity index (χ2v) is 9.83. The van der Waals surface area contributed by atoms with Crippen LogP contribution in [0, 0.1) is 0 Å². The maximum Gasteiger partial charge on any atom is 0.198 e. The van der Waals surface area contributed by atoms with Gasteiger partial charge in [-0.3, -0.25) is 14.6 Å². The predicted octanol–water partition coefficient (Wildman–Crippen LogP) is 5.58. The molecule has 0 radical (unpaired) electrons. The fraction of sp³-hybridized carbons (Fsp3) is 0.241. The third-order valence-electron chi connectivity index (χ3n) is 6.94. The molecule has 7 nitrogen and oxygen atoms in total. The normalized spacial score (nSPS) is 18.4. The lowest BCUT2D eigenvalue weighted by Crippen LogP contribution is -2.38. The van der Waals surface area contributed by atoms with Gasteiger partial charge >= 0.3 is 0 Å². The predicted molar refractivity (Wildman–Crippen MR) is 148 cm³/mol. The maximum absolute atomic E-state index is 12.9. The first-order valence-electron chi connectivity index (χ1n) is 12.5. The second kappa shape index (κ2) is 10.0. The Morgan fingerprint density at radius 3 is 2.43 bits per heavy atom. The third kappa shape index (κ3) is 4.62. The van der Waals surface area contributed by atoms with Crippen LogP contribution in [0.1, 0.15) is 24.2 Å². The van der Waals surface area contributed by atoms with Crippen molar-refractivity contribution in [1.29, 1.82) is 0 Å². The Morgan fingerprint density at radius 1 is 1.00 bits per heavy atom. The van der Waals surface area contributed by atoms with Crippen LogP contribution in [-0.4, -0.2) is 47.8 Å². The van der Waals surface area contributed by atoms with Gasteiger partial charge in [-0.05, 0) is 48.0 Å². The summed E-state index contributed by atoms with van der Waals surface area (Å²) in [5.41, 5.74) is 5.05. The van der Waals surface area contributed by atoms with Crippen LogP contribution in [0.2, 0.25) is 5.02 Å². The summed E-state index contributed by atoms with van der Waals surface area (Å²) in [5.74, 6) is 0.296. The van der Waals surface area contributed by atoms with E-state index in [0.717, 1.165) is 60.7 Å². The zero-order valence-corrected chi connectivity index (χ0v) is 21.4. The molecule has 4 aromatic rings. The fourth-order valence-electron chi connectivity index (χ4n) is 5.08. The van der Waals surface area contributed by atoms with Crippen LogP contribution < -0.4 is 9.91 Å². The number of halogens is 1. The Bertz CT molecular complexity index is 1440. The molecule has 0 spiro atoms. The van der Waals surface area contributed by atoms with Crippen LogP contribution >= 0.6 is 11.6 Å². The van der Waals surface area contributed by atoms with Crippen LogP contribution in [0.25, 0.3) is 10.9 Å². The highest BCUT2D eigenvalue weighted by Gasteiger charge is 2.40. The molecule has 8 heteroatoms. The Hall–Kier alpha value is -3.65.